The number of halogens is 1. The molecule has 0 spiro atoms. The van der Waals surface area contributed by atoms with Gasteiger partial charge in [-0.25, -0.2) is 9.37 Å². The van der Waals surface area contributed by atoms with Crippen LogP contribution in [0.2, 0.25) is 0 Å². The van der Waals surface area contributed by atoms with Crippen LogP contribution in [0.5, 0.6) is 23.0 Å². The SMILES string of the molecule is CCOc1cc(OC(C)C)c(F)c(C(Nc2ccc(C(=N)N)cc2)c2nc(-c3ccccc3Oc3ccccc3)c[nH]2)c1. The molecule has 220 valence electrons. The van der Waals surface area contributed by atoms with Crippen molar-refractivity contribution in [3.05, 3.63) is 120 Å². The predicted octanol–water partition coefficient (Wildman–Crippen LogP) is 7.68. The lowest BCUT2D eigenvalue weighted by Crippen LogP contribution is -2.18. The van der Waals surface area contributed by atoms with Gasteiger partial charge in [-0.3, -0.25) is 5.41 Å². The van der Waals surface area contributed by atoms with Crippen molar-refractivity contribution in [1.29, 1.82) is 5.41 Å². The van der Waals surface area contributed by atoms with Crippen LogP contribution in [0.3, 0.4) is 0 Å². The number of aromatic amines is 1. The molecule has 0 bridgehead atoms. The number of nitrogens with two attached hydrogens (primary N) is 1. The summed E-state index contributed by atoms with van der Waals surface area (Å²) in [4.78, 5) is 8.16. The number of H-pyrrole nitrogens is 1. The van der Waals surface area contributed by atoms with Crippen LogP contribution in [0.15, 0.2) is 97.2 Å². The van der Waals surface area contributed by atoms with Gasteiger partial charge in [0.2, 0.25) is 0 Å². The van der Waals surface area contributed by atoms with Crippen molar-refractivity contribution >= 4 is 11.5 Å². The first-order chi connectivity index (χ1) is 20.8. The van der Waals surface area contributed by atoms with E-state index in [0.717, 1.165) is 5.56 Å². The molecule has 5 aromatic rings. The predicted molar refractivity (Wildman–Crippen MR) is 167 cm³/mol. The number of ether oxygens (including phenoxy) is 3. The van der Waals surface area contributed by atoms with Crippen molar-refractivity contribution in [2.75, 3.05) is 11.9 Å². The Kier molecular flexibility index (Phi) is 8.90. The second-order valence-corrected chi connectivity index (χ2v) is 10.1. The van der Waals surface area contributed by atoms with Crippen molar-refractivity contribution in [2.45, 2.75) is 32.9 Å². The fourth-order valence-electron chi connectivity index (χ4n) is 4.60. The van der Waals surface area contributed by atoms with Gasteiger partial charge < -0.3 is 30.2 Å². The number of aromatic nitrogens is 2. The number of anilines is 1. The highest BCUT2D eigenvalue weighted by molar-refractivity contribution is 5.95. The zero-order chi connectivity index (χ0) is 30.3. The summed E-state index contributed by atoms with van der Waals surface area (Å²) in [7, 11) is 0. The number of para-hydroxylation sites is 2. The molecule has 0 aliphatic heterocycles. The van der Waals surface area contributed by atoms with E-state index in [1.165, 1.54) is 0 Å². The number of nitrogens with one attached hydrogen (secondary N) is 3. The molecule has 0 radical (unpaired) electrons. The Hall–Kier alpha value is -5.31. The topological polar surface area (TPSA) is 118 Å². The Morgan fingerprint density at radius 1 is 0.953 bits per heavy atom. The summed E-state index contributed by atoms with van der Waals surface area (Å²) in [5, 5.41) is 11.1. The highest BCUT2D eigenvalue weighted by atomic mass is 19.1. The maximum Gasteiger partial charge on any atom is 0.171 e. The summed E-state index contributed by atoms with van der Waals surface area (Å²) >= 11 is 0. The molecule has 1 heterocycles. The lowest BCUT2D eigenvalue weighted by atomic mass is 10.0. The molecule has 4 aromatic carbocycles. The summed E-state index contributed by atoms with van der Waals surface area (Å²) in [6, 6.07) is 26.6. The van der Waals surface area contributed by atoms with Gasteiger partial charge in [0, 0.05) is 34.6 Å². The summed E-state index contributed by atoms with van der Waals surface area (Å²) in [6.45, 7) is 5.95. The monoisotopic (exact) mass is 579 g/mol. The van der Waals surface area contributed by atoms with E-state index in [0.29, 0.717) is 46.6 Å². The van der Waals surface area contributed by atoms with Crippen molar-refractivity contribution < 1.29 is 18.6 Å². The van der Waals surface area contributed by atoms with Gasteiger partial charge in [0.25, 0.3) is 0 Å². The maximum atomic E-state index is 16.2. The van der Waals surface area contributed by atoms with E-state index in [2.05, 4.69) is 10.3 Å². The van der Waals surface area contributed by atoms with Gasteiger partial charge in [0.1, 0.15) is 35.0 Å². The van der Waals surface area contributed by atoms with Gasteiger partial charge in [-0.1, -0.05) is 30.3 Å². The van der Waals surface area contributed by atoms with E-state index < -0.39 is 11.9 Å². The van der Waals surface area contributed by atoms with Gasteiger partial charge in [-0.2, -0.15) is 0 Å². The van der Waals surface area contributed by atoms with Crippen molar-refractivity contribution in [3.8, 4) is 34.3 Å². The van der Waals surface area contributed by atoms with Crippen LogP contribution in [0.1, 0.15) is 43.8 Å². The molecule has 1 atom stereocenters. The Morgan fingerprint density at radius 2 is 1.67 bits per heavy atom. The molecule has 9 heteroatoms. The quantitative estimate of drug-likeness (QED) is 0.0889. The number of amidine groups is 1. The summed E-state index contributed by atoms with van der Waals surface area (Å²) in [5.41, 5.74) is 8.58. The van der Waals surface area contributed by atoms with E-state index in [4.69, 9.17) is 30.3 Å². The minimum Gasteiger partial charge on any atom is -0.494 e. The number of hydrogen-bond acceptors (Lipinski definition) is 6. The number of benzene rings is 4. The summed E-state index contributed by atoms with van der Waals surface area (Å²) in [6.07, 6.45) is 1.52. The van der Waals surface area contributed by atoms with E-state index >= 15 is 4.39 Å². The molecular weight excluding hydrogens is 545 g/mol. The van der Waals surface area contributed by atoms with Crippen molar-refractivity contribution in [1.82, 2.24) is 9.97 Å². The van der Waals surface area contributed by atoms with Gasteiger partial charge >= 0.3 is 0 Å². The largest absolute Gasteiger partial charge is 0.494 e. The first-order valence-electron chi connectivity index (χ1n) is 14.0. The molecule has 1 unspecified atom stereocenters. The lowest BCUT2D eigenvalue weighted by Gasteiger charge is -2.22. The molecule has 43 heavy (non-hydrogen) atoms. The van der Waals surface area contributed by atoms with Crippen LogP contribution in [0, 0.1) is 11.2 Å². The van der Waals surface area contributed by atoms with Crippen LogP contribution in [-0.2, 0) is 0 Å². The highest BCUT2D eigenvalue weighted by Gasteiger charge is 2.26. The average molecular weight is 580 g/mol. The Morgan fingerprint density at radius 3 is 2.37 bits per heavy atom. The molecule has 0 saturated heterocycles. The van der Waals surface area contributed by atoms with E-state index in [-0.39, 0.29) is 23.3 Å². The molecule has 5 rings (SSSR count). The second-order valence-electron chi connectivity index (χ2n) is 10.1. The van der Waals surface area contributed by atoms with E-state index in [9.17, 15) is 0 Å². The zero-order valence-corrected chi connectivity index (χ0v) is 24.2. The van der Waals surface area contributed by atoms with Gasteiger partial charge in [-0.15, -0.1) is 0 Å². The third kappa shape index (κ3) is 6.95. The second kappa shape index (κ2) is 13.1. The standard InChI is InChI=1S/C34H34FN5O3/c1-4-41-25-18-27(31(35)30(19-25)42-21(2)3)32(39-23-16-14-22(15-17-23)33(36)37)34-38-20-28(40-34)26-12-8-9-13-29(26)43-24-10-6-5-7-11-24/h5-21,32,39H,4H2,1-3H3,(H3,36,37)(H,38,40). The Bertz CT molecular complexity index is 1690. The number of rotatable bonds is 12. The number of nitrogens with zero attached hydrogens (tertiary/aromatic N) is 1. The molecule has 0 amide bonds. The fraction of sp³-hybridized carbons (Fsp3) is 0.176. The van der Waals surface area contributed by atoms with Crippen molar-refractivity contribution in [3.63, 3.8) is 0 Å². The average Bonchev–Trinajstić information content (AvgIpc) is 3.48. The number of imidazole rings is 1. The Labute approximate surface area is 250 Å². The molecule has 0 aliphatic carbocycles. The van der Waals surface area contributed by atoms with Gasteiger partial charge in [0.15, 0.2) is 11.6 Å². The smallest absolute Gasteiger partial charge is 0.171 e. The molecule has 8 nitrogen and oxygen atoms in total. The minimum absolute atomic E-state index is 0.0406. The molecule has 0 saturated carbocycles. The number of hydrogen-bond donors (Lipinski definition) is 4. The van der Waals surface area contributed by atoms with Crippen molar-refractivity contribution in [2.24, 2.45) is 5.73 Å². The molecule has 5 N–H and O–H groups in total. The maximum absolute atomic E-state index is 16.2. The molecule has 0 fully saturated rings. The van der Waals surface area contributed by atoms with Crippen LogP contribution in [0.4, 0.5) is 10.1 Å². The van der Waals surface area contributed by atoms with E-state index in [1.54, 1.807) is 42.6 Å². The minimum atomic E-state index is -0.769. The molecule has 1 aromatic heterocycles. The lowest BCUT2D eigenvalue weighted by molar-refractivity contribution is 0.228. The van der Waals surface area contributed by atoms with Crippen LogP contribution in [-0.4, -0.2) is 28.5 Å². The van der Waals surface area contributed by atoms with Crippen LogP contribution >= 0.6 is 0 Å². The number of nitrogen functional groups attached to an aromatic ring is 1. The summed E-state index contributed by atoms with van der Waals surface area (Å²) < 4.78 is 34.0. The van der Waals surface area contributed by atoms with Crippen LogP contribution in [0.25, 0.3) is 11.3 Å². The third-order valence-corrected chi connectivity index (χ3v) is 6.54. The third-order valence-electron chi connectivity index (χ3n) is 6.54. The Balaban J connectivity index is 1.58. The highest BCUT2D eigenvalue weighted by Crippen LogP contribution is 2.38. The normalized spacial score (nSPS) is 11.7. The summed E-state index contributed by atoms with van der Waals surface area (Å²) in [5.74, 6) is 1.79. The zero-order valence-electron chi connectivity index (χ0n) is 24.2. The first kappa shape index (κ1) is 29.2. The first-order valence-corrected chi connectivity index (χ1v) is 14.0. The molecule has 0 aliphatic rings. The fourth-order valence-corrected chi connectivity index (χ4v) is 4.60. The van der Waals surface area contributed by atoms with E-state index in [1.807, 2.05) is 75.4 Å². The van der Waals surface area contributed by atoms with Gasteiger partial charge in [-0.05, 0) is 75.4 Å². The van der Waals surface area contributed by atoms with Gasteiger partial charge in [0.05, 0.1) is 18.4 Å². The van der Waals surface area contributed by atoms with Crippen LogP contribution < -0.4 is 25.3 Å². The molecular formula is C34H34FN5O3.